The SMILES string of the molecule is COc1ccc2c(c1)CC(CCN1CC(O)C1)=C2C(C)c1nccs1. The van der Waals surface area contributed by atoms with Crippen LogP contribution >= 0.6 is 11.3 Å². The van der Waals surface area contributed by atoms with Crippen molar-refractivity contribution in [2.45, 2.75) is 31.8 Å². The standard InChI is InChI=1S/C20H24N2O2S/c1-13(20-21-6-8-25-20)19-14(5-7-22-11-16(23)12-22)9-15-10-17(24-2)3-4-18(15)19/h3-4,6,8,10,13,16,23H,5,7,9,11-12H2,1-2H3. The quantitative estimate of drug-likeness (QED) is 0.862. The van der Waals surface area contributed by atoms with E-state index in [0.717, 1.165) is 38.2 Å². The maximum absolute atomic E-state index is 9.50. The van der Waals surface area contributed by atoms with Crippen molar-refractivity contribution in [3.8, 4) is 5.75 Å². The molecule has 0 saturated carbocycles. The van der Waals surface area contributed by atoms with Gasteiger partial charge < -0.3 is 9.84 Å². The summed E-state index contributed by atoms with van der Waals surface area (Å²) in [5, 5.41) is 12.7. The fourth-order valence-corrected chi connectivity index (χ4v) is 4.68. The highest BCUT2D eigenvalue weighted by Gasteiger charge is 2.29. The van der Waals surface area contributed by atoms with Gasteiger partial charge >= 0.3 is 0 Å². The third kappa shape index (κ3) is 3.24. The number of hydrogen-bond donors (Lipinski definition) is 1. The van der Waals surface area contributed by atoms with Crippen LogP contribution in [0.25, 0.3) is 5.57 Å². The van der Waals surface area contributed by atoms with Gasteiger partial charge in [0.1, 0.15) is 5.75 Å². The van der Waals surface area contributed by atoms with Crippen molar-refractivity contribution in [1.29, 1.82) is 0 Å². The van der Waals surface area contributed by atoms with Gasteiger partial charge in [-0.25, -0.2) is 4.98 Å². The fraction of sp³-hybridized carbons (Fsp3) is 0.450. The highest BCUT2D eigenvalue weighted by atomic mass is 32.1. The van der Waals surface area contributed by atoms with Crippen LogP contribution in [0.4, 0.5) is 0 Å². The monoisotopic (exact) mass is 356 g/mol. The molecule has 1 N–H and O–H groups in total. The molecule has 1 unspecified atom stereocenters. The first kappa shape index (κ1) is 16.8. The number of fused-ring (bicyclic) bond motifs is 1. The molecule has 2 aliphatic rings. The van der Waals surface area contributed by atoms with E-state index in [4.69, 9.17) is 4.74 Å². The third-order valence-corrected chi connectivity index (χ3v) is 6.27. The highest BCUT2D eigenvalue weighted by molar-refractivity contribution is 7.09. The molecule has 1 aliphatic carbocycles. The second-order valence-electron chi connectivity index (χ2n) is 6.97. The predicted molar refractivity (Wildman–Crippen MR) is 101 cm³/mol. The number of aromatic nitrogens is 1. The van der Waals surface area contributed by atoms with E-state index in [1.54, 1.807) is 18.4 Å². The summed E-state index contributed by atoms with van der Waals surface area (Å²) in [5.41, 5.74) is 5.65. The smallest absolute Gasteiger partial charge is 0.119 e. The predicted octanol–water partition coefficient (Wildman–Crippen LogP) is 3.33. The molecule has 1 saturated heterocycles. The third-order valence-electron chi connectivity index (χ3n) is 5.31. The molecule has 0 amide bonds. The molecule has 0 spiro atoms. The minimum atomic E-state index is -0.132. The first-order valence-corrected chi connectivity index (χ1v) is 9.72. The summed E-state index contributed by atoms with van der Waals surface area (Å²) >= 11 is 1.73. The van der Waals surface area contributed by atoms with E-state index in [0.29, 0.717) is 5.92 Å². The van der Waals surface area contributed by atoms with Crippen molar-refractivity contribution in [2.75, 3.05) is 26.7 Å². The van der Waals surface area contributed by atoms with Gasteiger partial charge in [-0.05, 0) is 41.7 Å². The number of benzene rings is 1. The maximum Gasteiger partial charge on any atom is 0.119 e. The van der Waals surface area contributed by atoms with Crippen LogP contribution in [0.2, 0.25) is 0 Å². The lowest BCUT2D eigenvalue weighted by atomic mass is 9.92. The summed E-state index contributed by atoms with van der Waals surface area (Å²) < 4.78 is 5.41. The van der Waals surface area contributed by atoms with E-state index in [-0.39, 0.29) is 6.10 Å². The Kier molecular flexibility index (Phi) is 4.63. The Morgan fingerprint density at radius 1 is 1.40 bits per heavy atom. The number of likely N-dealkylation sites (tertiary alicyclic amines) is 1. The van der Waals surface area contributed by atoms with Crippen LogP contribution in [0.1, 0.15) is 35.4 Å². The maximum atomic E-state index is 9.50. The van der Waals surface area contributed by atoms with E-state index in [1.807, 2.05) is 6.20 Å². The fourth-order valence-electron chi connectivity index (χ4n) is 3.97. The van der Waals surface area contributed by atoms with Crippen LogP contribution in [0.3, 0.4) is 0 Å². The van der Waals surface area contributed by atoms with Crippen molar-refractivity contribution in [1.82, 2.24) is 9.88 Å². The average molecular weight is 356 g/mol. The molecule has 4 rings (SSSR count). The van der Waals surface area contributed by atoms with E-state index < -0.39 is 0 Å². The number of aliphatic hydroxyl groups is 1. The Bertz CT molecular complexity index is 779. The van der Waals surface area contributed by atoms with Gasteiger partial charge in [-0.15, -0.1) is 11.3 Å². The summed E-state index contributed by atoms with van der Waals surface area (Å²) in [6.45, 7) is 4.91. The van der Waals surface area contributed by atoms with Gasteiger partial charge in [-0.2, -0.15) is 0 Å². The van der Waals surface area contributed by atoms with Crippen molar-refractivity contribution >= 4 is 16.9 Å². The zero-order chi connectivity index (χ0) is 17.4. The normalized spacial score (nSPS) is 19.0. The number of allylic oxidation sites excluding steroid dienone is 1. The van der Waals surface area contributed by atoms with E-state index in [9.17, 15) is 5.11 Å². The Balaban J connectivity index is 1.62. The molecule has 4 nitrogen and oxygen atoms in total. The van der Waals surface area contributed by atoms with Gasteiger partial charge in [0.2, 0.25) is 0 Å². The van der Waals surface area contributed by atoms with E-state index in [1.165, 1.54) is 27.3 Å². The summed E-state index contributed by atoms with van der Waals surface area (Å²) in [6, 6.07) is 6.43. The van der Waals surface area contributed by atoms with E-state index >= 15 is 0 Å². The molecule has 2 aromatic rings. The summed E-state index contributed by atoms with van der Waals surface area (Å²) in [6.07, 6.45) is 3.80. The summed E-state index contributed by atoms with van der Waals surface area (Å²) in [5.74, 6) is 1.23. The first-order chi connectivity index (χ1) is 12.2. The molecule has 0 bridgehead atoms. The zero-order valence-electron chi connectivity index (χ0n) is 14.7. The van der Waals surface area contributed by atoms with Gasteiger partial charge in [0, 0.05) is 37.1 Å². The second kappa shape index (κ2) is 6.90. The lowest BCUT2D eigenvalue weighted by Crippen LogP contribution is -2.50. The number of aliphatic hydroxyl groups excluding tert-OH is 1. The van der Waals surface area contributed by atoms with Gasteiger partial charge in [0.15, 0.2) is 0 Å². The Hall–Kier alpha value is -1.69. The van der Waals surface area contributed by atoms with Crippen LogP contribution in [0.15, 0.2) is 35.3 Å². The summed E-state index contributed by atoms with van der Waals surface area (Å²) in [7, 11) is 1.72. The van der Waals surface area contributed by atoms with Crippen molar-refractivity contribution in [3.63, 3.8) is 0 Å². The van der Waals surface area contributed by atoms with Crippen molar-refractivity contribution < 1.29 is 9.84 Å². The van der Waals surface area contributed by atoms with Crippen LogP contribution < -0.4 is 4.74 Å². The molecule has 0 radical (unpaired) electrons. The van der Waals surface area contributed by atoms with Gasteiger partial charge in [-0.3, -0.25) is 4.90 Å². The molecule has 25 heavy (non-hydrogen) atoms. The zero-order valence-corrected chi connectivity index (χ0v) is 15.6. The van der Waals surface area contributed by atoms with Crippen LogP contribution in [-0.2, 0) is 6.42 Å². The van der Waals surface area contributed by atoms with Crippen LogP contribution in [0.5, 0.6) is 5.75 Å². The molecule has 1 fully saturated rings. The molecular weight excluding hydrogens is 332 g/mol. The molecule has 5 heteroatoms. The van der Waals surface area contributed by atoms with Crippen LogP contribution in [0, 0.1) is 0 Å². The van der Waals surface area contributed by atoms with Gasteiger partial charge in [0.25, 0.3) is 0 Å². The molecule has 1 aromatic carbocycles. The summed E-state index contributed by atoms with van der Waals surface area (Å²) in [4.78, 5) is 6.88. The lowest BCUT2D eigenvalue weighted by molar-refractivity contribution is 0.00307. The largest absolute Gasteiger partial charge is 0.497 e. The number of nitrogens with zero attached hydrogens (tertiary/aromatic N) is 2. The lowest BCUT2D eigenvalue weighted by Gasteiger charge is -2.36. The van der Waals surface area contributed by atoms with Crippen molar-refractivity contribution in [3.05, 3.63) is 51.5 Å². The number of rotatable bonds is 6. The number of thiazole rings is 1. The molecule has 2 heterocycles. The van der Waals surface area contributed by atoms with Gasteiger partial charge in [-0.1, -0.05) is 18.6 Å². The highest BCUT2D eigenvalue weighted by Crippen LogP contribution is 2.44. The van der Waals surface area contributed by atoms with Gasteiger partial charge in [0.05, 0.1) is 18.2 Å². The number of hydrogen-bond acceptors (Lipinski definition) is 5. The molecule has 132 valence electrons. The van der Waals surface area contributed by atoms with Crippen LogP contribution in [-0.4, -0.2) is 47.8 Å². The minimum Gasteiger partial charge on any atom is -0.497 e. The topological polar surface area (TPSA) is 45.6 Å². The Morgan fingerprint density at radius 3 is 2.92 bits per heavy atom. The number of β-amino-alcohol motifs (C(OH)–C–C–N with tert-alkyl or cyclic N) is 1. The van der Waals surface area contributed by atoms with Crippen molar-refractivity contribution in [2.24, 2.45) is 0 Å². The molecule has 1 atom stereocenters. The number of methoxy groups -OCH3 is 1. The number of ether oxygens (including phenoxy) is 1. The second-order valence-corrected chi connectivity index (χ2v) is 7.90. The molecule has 1 aromatic heterocycles. The first-order valence-electron chi connectivity index (χ1n) is 8.84. The minimum absolute atomic E-state index is 0.132. The molecular formula is C20H24N2O2S. The Labute approximate surface area is 152 Å². The average Bonchev–Trinajstić information content (AvgIpc) is 3.23. The Morgan fingerprint density at radius 2 is 2.24 bits per heavy atom. The van der Waals surface area contributed by atoms with E-state index in [2.05, 4.69) is 40.4 Å². The molecule has 1 aliphatic heterocycles.